The molecule has 0 fully saturated rings. The molecule has 1 aromatic heterocycles. The SMILES string of the molecule is CC1(C)c2ccccc2-c2ccc(-c3ccc4c(-c5ccc6ccccc6c5)c5cnccc5c(-c5ccccc5)c4c3)cc21. The van der Waals surface area contributed by atoms with Gasteiger partial charge < -0.3 is 0 Å². The van der Waals surface area contributed by atoms with E-state index in [0.29, 0.717) is 0 Å². The predicted octanol–water partition coefficient (Wildman–Crippen LogP) is 11.8. The smallest absolute Gasteiger partial charge is 0.0353 e. The van der Waals surface area contributed by atoms with Crippen LogP contribution in [-0.4, -0.2) is 4.98 Å². The zero-order valence-corrected chi connectivity index (χ0v) is 25.4. The largest absolute Gasteiger partial charge is 0.264 e. The van der Waals surface area contributed by atoms with Crippen molar-refractivity contribution in [2.75, 3.05) is 0 Å². The van der Waals surface area contributed by atoms with E-state index in [1.54, 1.807) is 0 Å². The number of aromatic nitrogens is 1. The number of hydrogen-bond donors (Lipinski definition) is 0. The van der Waals surface area contributed by atoms with Crippen LogP contribution in [0.1, 0.15) is 25.0 Å². The van der Waals surface area contributed by atoms with Crippen LogP contribution >= 0.6 is 0 Å². The molecule has 212 valence electrons. The van der Waals surface area contributed by atoms with E-state index in [4.69, 9.17) is 0 Å². The van der Waals surface area contributed by atoms with Crippen LogP contribution in [0.5, 0.6) is 0 Å². The maximum absolute atomic E-state index is 4.63. The molecule has 1 aliphatic carbocycles. The fourth-order valence-corrected chi connectivity index (χ4v) is 7.71. The van der Waals surface area contributed by atoms with Gasteiger partial charge in [0.1, 0.15) is 0 Å². The summed E-state index contributed by atoms with van der Waals surface area (Å²) in [6, 6.07) is 51.4. The summed E-state index contributed by atoms with van der Waals surface area (Å²) in [7, 11) is 0. The normalized spacial score (nSPS) is 13.3. The van der Waals surface area contributed by atoms with Gasteiger partial charge in [0.15, 0.2) is 0 Å². The molecule has 0 amide bonds. The molecule has 7 aromatic carbocycles. The standard InChI is InChI=1S/C44H31N/c1-44(2)40-15-9-8-14-34(40)35-20-18-32(26-41(35)44)31-19-21-36-38(25-31)42(29-11-4-3-5-12-29)37-22-23-45-27-39(37)43(36)33-17-16-28-10-6-7-13-30(28)24-33/h3-27H,1-2H3. The van der Waals surface area contributed by atoms with E-state index in [9.17, 15) is 0 Å². The van der Waals surface area contributed by atoms with Crippen LogP contribution in [0.3, 0.4) is 0 Å². The lowest BCUT2D eigenvalue weighted by Crippen LogP contribution is -2.14. The van der Waals surface area contributed by atoms with Gasteiger partial charge in [0.25, 0.3) is 0 Å². The summed E-state index contributed by atoms with van der Waals surface area (Å²) in [5.41, 5.74) is 12.8. The van der Waals surface area contributed by atoms with E-state index in [-0.39, 0.29) is 5.41 Å². The van der Waals surface area contributed by atoms with Crippen LogP contribution in [0, 0.1) is 0 Å². The van der Waals surface area contributed by atoms with Crippen molar-refractivity contribution in [2.45, 2.75) is 19.3 Å². The van der Waals surface area contributed by atoms with Crippen molar-refractivity contribution < 1.29 is 0 Å². The third-order valence-electron chi connectivity index (χ3n) is 9.94. The van der Waals surface area contributed by atoms with Gasteiger partial charge >= 0.3 is 0 Å². The molecule has 0 radical (unpaired) electrons. The molecular weight excluding hydrogens is 542 g/mol. The van der Waals surface area contributed by atoms with Crippen LogP contribution in [0.2, 0.25) is 0 Å². The van der Waals surface area contributed by atoms with Gasteiger partial charge in [0, 0.05) is 23.2 Å². The Morgan fingerprint density at radius 2 is 1.09 bits per heavy atom. The lowest BCUT2D eigenvalue weighted by molar-refractivity contribution is 0.660. The average Bonchev–Trinajstić information content (AvgIpc) is 3.32. The van der Waals surface area contributed by atoms with Crippen molar-refractivity contribution in [2.24, 2.45) is 0 Å². The van der Waals surface area contributed by atoms with E-state index in [2.05, 4.69) is 158 Å². The Balaban J connectivity index is 1.33. The molecule has 0 spiro atoms. The van der Waals surface area contributed by atoms with Crippen LogP contribution < -0.4 is 0 Å². The van der Waals surface area contributed by atoms with Gasteiger partial charge in [-0.05, 0) is 107 Å². The minimum atomic E-state index is -0.0412. The number of pyridine rings is 1. The second kappa shape index (κ2) is 9.74. The third-order valence-corrected chi connectivity index (χ3v) is 9.94. The first kappa shape index (κ1) is 25.9. The first-order valence-corrected chi connectivity index (χ1v) is 15.7. The zero-order valence-electron chi connectivity index (χ0n) is 25.4. The van der Waals surface area contributed by atoms with Crippen LogP contribution in [0.4, 0.5) is 0 Å². The minimum Gasteiger partial charge on any atom is -0.264 e. The molecule has 1 heteroatoms. The summed E-state index contributed by atoms with van der Waals surface area (Å²) < 4.78 is 0. The summed E-state index contributed by atoms with van der Waals surface area (Å²) >= 11 is 0. The molecule has 0 aliphatic heterocycles. The zero-order chi connectivity index (χ0) is 30.1. The summed E-state index contributed by atoms with van der Waals surface area (Å²) in [4.78, 5) is 4.63. The number of hydrogen-bond acceptors (Lipinski definition) is 1. The quantitative estimate of drug-likeness (QED) is 0.192. The summed E-state index contributed by atoms with van der Waals surface area (Å²) in [5, 5.41) is 7.37. The van der Waals surface area contributed by atoms with E-state index in [0.717, 1.165) is 0 Å². The van der Waals surface area contributed by atoms with E-state index in [1.165, 1.54) is 88.0 Å². The molecule has 8 aromatic rings. The van der Waals surface area contributed by atoms with Gasteiger partial charge in [-0.2, -0.15) is 0 Å². The second-order valence-corrected chi connectivity index (χ2v) is 12.8. The predicted molar refractivity (Wildman–Crippen MR) is 191 cm³/mol. The maximum atomic E-state index is 4.63. The highest BCUT2D eigenvalue weighted by atomic mass is 14.6. The number of nitrogens with zero attached hydrogens (tertiary/aromatic N) is 1. The average molecular weight is 574 g/mol. The highest BCUT2D eigenvalue weighted by molar-refractivity contribution is 6.22. The molecular formula is C44H31N. The van der Waals surface area contributed by atoms with E-state index in [1.807, 2.05) is 12.4 Å². The highest BCUT2D eigenvalue weighted by Gasteiger charge is 2.35. The Morgan fingerprint density at radius 1 is 0.422 bits per heavy atom. The Bertz CT molecular complexity index is 2450. The van der Waals surface area contributed by atoms with Gasteiger partial charge in [-0.1, -0.05) is 129 Å². The Labute approximate surface area is 263 Å². The molecule has 0 bridgehead atoms. The topological polar surface area (TPSA) is 12.9 Å². The van der Waals surface area contributed by atoms with Gasteiger partial charge in [-0.25, -0.2) is 0 Å². The monoisotopic (exact) mass is 573 g/mol. The molecule has 1 aliphatic rings. The summed E-state index contributed by atoms with van der Waals surface area (Å²) in [6.45, 7) is 4.71. The van der Waals surface area contributed by atoms with E-state index >= 15 is 0 Å². The van der Waals surface area contributed by atoms with Crippen LogP contribution in [0.25, 0.3) is 76.8 Å². The van der Waals surface area contributed by atoms with Crippen LogP contribution in [-0.2, 0) is 5.41 Å². The van der Waals surface area contributed by atoms with Gasteiger partial charge in [-0.15, -0.1) is 0 Å². The summed E-state index contributed by atoms with van der Waals surface area (Å²) in [5.74, 6) is 0. The molecule has 0 saturated heterocycles. The Hall–Kier alpha value is -5.53. The van der Waals surface area contributed by atoms with Gasteiger partial charge in [-0.3, -0.25) is 4.98 Å². The first-order chi connectivity index (χ1) is 22.1. The number of rotatable bonds is 3. The molecule has 1 heterocycles. The molecule has 0 unspecified atom stereocenters. The molecule has 0 saturated carbocycles. The fraction of sp³-hybridized carbons (Fsp3) is 0.0682. The van der Waals surface area contributed by atoms with E-state index < -0.39 is 0 Å². The molecule has 0 atom stereocenters. The van der Waals surface area contributed by atoms with Crippen molar-refractivity contribution in [1.29, 1.82) is 0 Å². The first-order valence-electron chi connectivity index (χ1n) is 15.7. The van der Waals surface area contributed by atoms with Crippen molar-refractivity contribution in [1.82, 2.24) is 4.98 Å². The van der Waals surface area contributed by atoms with Crippen molar-refractivity contribution in [3.05, 3.63) is 163 Å². The molecule has 0 N–H and O–H groups in total. The summed E-state index contributed by atoms with van der Waals surface area (Å²) in [6.07, 6.45) is 3.97. The fourth-order valence-electron chi connectivity index (χ4n) is 7.71. The van der Waals surface area contributed by atoms with Crippen molar-refractivity contribution >= 4 is 32.3 Å². The number of fused-ring (bicyclic) bond motifs is 6. The lowest BCUT2D eigenvalue weighted by atomic mass is 9.81. The number of benzene rings is 7. The van der Waals surface area contributed by atoms with Gasteiger partial charge in [0.05, 0.1) is 0 Å². The lowest BCUT2D eigenvalue weighted by Gasteiger charge is -2.22. The highest BCUT2D eigenvalue weighted by Crippen LogP contribution is 2.50. The Kier molecular flexibility index (Phi) is 5.61. The minimum absolute atomic E-state index is 0.0412. The molecule has 1 nitrogen and oxygen atoms in total. The molecule has 9 rings (SSSR count). The maximum Gasteiger partial charge on any atom is 0.0353 e. The van der Waals surface area contributed by atoms with Crippen molar-refractivity contribution in [3.63, 3.8) is 0 Å². The van der Waals surface area contributed by atoms with Crippen molar-refractivity contribution in [3.8, 4) is 44.5 Å². The second-order valence-electron chi connectivity index (χ2n) is 12.8. The third kappa shape index (κ3) is 3.90. The molecule has 45 heavy (non-hydrogen) atoms. The van der Waals surface area contributed by atoms with Gasteiger partial charge in [0.2, 0.25) is 0 Å². The van der Waals surface area contributed by atoms with Crippen LogP contribution in [0.15, 0.2) is 152 Å². The Morgan fingerprint density at radius 3 is 1.98 bits per heavy atom.